The van der Waals surface area contributed by atoms with Gasteiger partial charge in [0.15, 0.2) is 0 Å². The van der Waals surface area contributed by atoms with Gasteiger partial charge in [0.2, 0.25) is 11.5 Å². The summed E-state index contributed by atoms with van der Waals surface area (Å²) < 4.78 is 11.2. The fraction of sp³-hybridized carbons (Fsp3) is 0.517. The number of aromatic nitrogens is 1. The van der Waals surface area contributed by atoms with Gasteiger partial charge in [0, 0.05) is 38.0 Å². The molecule has 1 aromatic carbocycles. The minimum Gasteiger partial charge on any atom is -0.481 e. The first-order valence-electron chi connectivity index (χ1n) is 14.1. The molecule has 1 aromatic heterocycles. The van der Waals surface area contributed by atoms with E-state index >= 15 is 0 Å². The van der Waals surface area contributed by atoms with Crippen LogP contribution < -0.4 is 10.5 Å². The Morgan fingerprint density at radius 1 is 1.05 bits per heavy atom. The van der Waals surface area contributed by atoms with Crippen molar-refractivity contribution in [2.45, 2.75) is 63.9 Å². The fourth-order valence-electron chi connectivity index (χ4n) is 5.36. The molecular formula is C29H36N4O9. The van der Waals surface area contributed by atoms with Gasteiger partial charge in [-0.1, -0.05) is 13.0 Å². The number of hydrogen-bond donors (Lipinski definition) is 3. The number of amides is 3. The molecule has 2 aromatic rings. The molecule has 2 aliphatic rings. The summed E-state index contributed by atoms with van der Waals surface area (Å²) in [5.41, 5.74) is 5.24. The van der Waals surface area contributed by atoms with Crippen LogP contribution in [0.4, 0.5) is 4.79 Å². The Morgan fingerprint density at radius 2 is 1.71 bits per heavy atom. The summed E-state index contributed by atoms with van der Waals surface area (Å²) in [6, 6.07) is 5.27. The van der Waals surface area contributed by atoms with Gasteiger partial charge >= 0.3 is 18.0 Å². The summed E-state index contributed by atoms with van der Waals surface area (Å²) in [4.78, 5) is 70.7. The van der Waals surface area contributed by atoms with E-state index in [9.17, 15) is 34.2 Å². The molecule has 42 heavy (non-hydrogen) atoms. The Morgan fingerprint density at radius 3 is 2.24 bits per heavy atom. The summed E-state index contributed by atoms with van der Waals surface area (Å²) in [5.74, 6) is -5.05. The lowest BCUT2D eigenvalue weighted by molar-refractivity contribution is -0.163. The van der Waals surface area contributed by atoms with Gasteiger partial charge in [-0.2, -0.15) is 0 Å². The molecule has 2 fully saturated rings. The number of carboxylic acids is 2. The maximum Gasteiger partial charge on any atom is 0.409 e. The van der Waals surface area contributed by atoms with Gasteiger partial charge in [-0.15, -0.1) is 0 Å². The number of hydrogen-bond acceptors (Lipinski definition) is 8. The van der Waals surface area contributed by atoms with Crippen molar-refractivity contribution in [2.75, 3.05) is 32.8 Å². The number of nitrogens with zero attached hydrogens (tertiary/aromatic N) is 3. The molecule has 1 unspecified atom stereocenters. The molecule has 3 amide bonds. The van der Waals surface area contributed by atoms with Gasteiger partial charge in [0.25, 0.3) is 5.91 Å². The molecule has 1 saturated heterocycles. The number of benzene rings is 1. The monoisotopic (exact) mass is 584 g/mol. The Labute approximate surface area is 242 Å². The van der Waals surface area contributed by atoms with Crippen molar-refractivity contribution in [3.63, 3.8) is 0 Å². The molecule has 1 aliphatic carbocycles. The Hall–Kier alpha value is -4.42. The number of aryl methyl sites for hydroxylation is 1. The Balaban J connectivity index is 1.83. The third-order valence-electron chi connectivity index (χ3n) is 7.93. The minimum absolute atomic E-state index is 0.0619. The Kier molecular flexibility index (Phi) is 9.17. The number of fused-ring (bicyclic) bond motifs is 1. The van der Waals surface area contributed by atoms with E-state index in [0.29, 0.717) is 23.7 Å². The first kappa shape index (κ1) is 30.5. The minimum atomic E-state index is -1.57. The highest BCUT2D eigenvalue weighted by Gasteiger charge is 2.48. The maximum absolute atomic E-state index is 14.0. The third-order valence-corrected chi connectivity index (χ3v) is 7.93. The lowest BCUT2D eigenvalue weighted by Gasteiger charge is -2.39. The molecule has 0 bridgehead atoms. The van der Waals surface area contributed by atoms with Crippen molar-refractivity contribution in [3.8, 4) is 5.75 Å². The van der Waals surface area contributed by atoms with Gasteiger partial charge in [-0.3, -0.25) is 19.4 Å². The number of carbonyl (C=O) groups excluding carboxylic acids is 3. The molecule has 4 N–H and O–H groups in total. The zero-order valence-corrected chi connectivity index (χ0v) is 23.8. The molecule has 1 atom stereocenters. The number of piperazine rings is 1. The number of ether oxygens (including phenoxy) is 2. The number of carboxylic acid groups (broad SMARTS) is 2. The van der Waals surface area contributed by atoms with E-state index in [-0.39, 0.29) is 69.1 Å². The molecular weight excluding hydrogens is 548 g/mol. The predicted octanol–water partition coefficient (Wildman–Crippen LogP) is 2.53. The molecule has 13 heteroatoms. The summed E-state index contributed by atoms with van der Waals surface area (Å²) >= 11 is 0. The van der Waals surface area contributed by atoms with E-state index < -0.39 is 47.8 Å². The average molecular weight is 585 g/mol. The van der Waals surface area contributed by atoms with Crippen molar-refractivity contribution in [3.05, 3.63) is 35.0 Å². The van der Waals surface area contributed by atoms with Crippen molar-refractivity contribution in [1.82, 2.24) is 14.8 Å². The highest BCUT2D eigenvalue weighted by Crippen LogP contribution is 2.43. The van der Waals surface area contributed by atoms with Gasteiger partial charge in [-0.05, 0) is 56.7 Å². The SMILES string of the molecule is CCOC(=O)N1CCN(C(=O)C(CCC(=O)O)c2nc3ccc(CC)cc3c(OC3(C(=O)O)CCC3)c2C(N)=O)CC1. The van der Waals surface area contributed by atoms with Crippen molar-refractivity contribution >= 4 is 40.7 Å². The second kappa shape index (κ2) is 12.6. The van der Waals surface area contributed by atoms with Crippen LogP contribution in [0.5, 0.6) is 5.75 Å². The highest BCUT2D eigenvalue weighted by atomic mass is 16.6. The summed E-state index contributed by atoms with van der Waals surface area (Å²) in [7, 11) is 0. The Bertz CT molecular complexity index is 1400. The number of aliphatic carboxylic acids is 2. The molecule has 226 valence electrons. The molecule has 2 heterocycles. The van der Waals surface area contributed by atoms with Crippen LogP contribution in [-0.4, -0.2) is 93.2 Å². The number of nitrogens with two attached hydrogens (primary N) is 1. The van der Waals surface area contributed by atoms with Crippen molar-refractivity contribution in [2.24, 2.45) is 5.73 Å². The quantitative estimate of drug-likeness (QED) is 0.354. The molecule has 1 saturated carbocycles. The van der Waals surface area contributed by atoms with Crippen LogP contribution >= 0.6 is 0 Å². The zero-order chi connectivity index (χ0) is 30.6. The summed E-state index contributed by atoms with van der Waals surface area (Å²) in [6.45, 7) is 4.58. The van der Waals surface area contributed by atoms with Gasteiger partial charge in [-0.25, -0.2) is 9.59 Å². The van der Waals surface area contributed by atoms with Crippen LogP contribution in [0.3, 0.4) is 0 Å². The van der Waals surface area contributed by atoms with Crippen LogP contribution in [0.25, 0.3) is 10.9 Å². The van der Waals surface area contributed by atoms with Gasteiger partial charge < -0.3 is 35.2 Å². The van der Waals surface area contributed by atoms with E-state index in [0.717, 1.165) is 5.56 Å². The predicted molar refractivity (Wildman–Crippen MR) is 149 cm³/mol. The van der Waals surface area contributed by atoms with Crippen LogP contribution in [0.15, 0.2) is 18.2 Å². The van der Waals surface area contributed by atoms with Gasteiger partial charge in [0.05, 0.1) is 23.7 Å². The highest BCUT2D eigenvalue weighted by molar-refractivity contribution is 6.05. The number of rotatable bonds is 11. The van der Waals surface area contributed by atoms with E-state index in [1.807, 2.05) is 13.0 Å². The summed E-state index contributed by atoms with van der Waals surface area (Å²) in [5, 5.41) is 19.9. The second-order valence-corrected chi connectivity index (χ2v) is 10.5. The summed E-state index contributed by atoms with van der Waals surface area (Å²) in [6.07, 6.45) is 0.619. The maximum atomic E-state index is 14.0. The van der Waals surface area contributed by atoms with E-state index in [4.69, 9.17) is 15.2 Å². The average Bonchev–Trinajstić information content (AvgIpc) is 2.94. The van der Waals surface area contributed by atoms with Crippen LogP contribution in [0, 0.1) is 0 Å². The van der Waals surface area contributed by atoms with Crippen molar-refractivity contribution in [1.29, 1.82) is 0 Å². The third kappa shape index (κ3) is 6.09. The van der Waals surface area contributed by atoms with Crippen LogP contribution in [0.2, 0.25) is 0 Å². The molecule has 1 aliphatic heterocycles. The second-order valence-electron chi connectivity index (χ2n) is 10.5. The van der Waals surface area contributed by atoms with Gasteiger partial charge in [0.1, 0.15) is 11.3 Å². The number of pyridine rings is 1. The zero-order valence-electron chi connectivity index (χ0n) is 23.8. The largest absolute Gasteiger partial charge is 0.481 e. The van der Waals surface area contributed by atoms with Crippen LogP contribution in [0.1, 0.15) is 73.5 Å². The fourth-order valence-corrected chi connectivity index (χ4v) is 5.36. The molecule has 13 nitrogen and oxygen atoms in total. The topological polar surface area (TPSA) is 190 Å². The van der Waals surface area contributed by atoms with E-state index in [1.54, 1.807) is 19.1 Å². The first-order valence-corrected chi connectivity index (χ1v) is 14.1. The lowest BCUT2D eigenvalue weighted by atomic mass is 9.80. The molecule has 4 rings (SSSR count). The first-order chi connectivity index (χ1) is 20.0. The normalized spacial score (nSPS) is 16.8. The standard InChI is InChI=1S/C29H36N4O9/c1-3-17-6-8-20-19(16-17)24(42-29(27(38)39)10-5-11-29)22(25(30)36)23(31-20)18(7-9-21(34)35)26(37)32-12-14-33(15-13-32)28(40)41-4-2/h6,8,16,18H,3-5,7,9-15H2,1-2H3,(H2,30,36)(H,34,35)(H,38,39). The van der Waals surface area contributed by atoms with Crippen molar-refractivity contribution < 1.29 is 43.7 Å². The number of carbonyl (C=O) groups is 5. The molecule has 0 radical (unpaired) electrons. The van der Waals surface area contributed by atoms with E-state index in [2.05, 4.69) is 4.98 Å². The van der Waals surface area contributed by atoms with Crippen LogP contribution in [-0.2, 0) is 25.5 Å². The lowest BCUT2D eigenvalue weighted by Crippen LogP contribution is -2.52. The smallest absolute Gasteiger partial charge is 0.409 e. The molecule has 0 spiro atoms. The van der Waals surface area contributed by atoms with E-state index in [1.165, 1.54) is 9.80 Å². The number of primary amides is 1.